The summed E-state index contributed by atoms with van der Waals surface area (Å²) in [6, 6.07) is 9.24. The van der Waals surface area contributed by atoms with Gasteiger partial charge in [-0.05, 0) is 30.9 Å². The van der Waals surface area contributed by atoms with E-state index in [1.54, 1.807) is 35.8 Å². The fourth-order valence-electron chi connectivity index (χ4n) is 2.05. The summed E-state index contributed by atoms with van der Waals surface area (Å²) in [5, 5.41) is 12.0. The molecule has 0 radical (unpaired) electrons. The molecule has 5 nitrogen and oxygen atoms in total. The van der Waals surface area contributed by atoms with E-state index in [-0.39, 0.29) is 17.8 Å². The Bertz CT molecular complexity index is 479. The third-order valence-electron chi connectivity index (χ3n) is 3.54. The van der Waals surface area contributed by atoms with Crippen molar-refractivity contribution in [2.75, 3.05) is 19.1 Å². The minimum absolute atomic E-state index is 0.0879. The largest absolute Gasteiger partial charge is 0.409 e. The second-order valence-electron chi connectivity index (χ2n) is 4.95. The highest BCUT2D eigenvalue weighted by Gasteiger charge is 2.29. The number of carbonyl (C=O) groups is 1. The van der Waals surface area contributed by atoms with E-state index >= 15 is 0 Å². The van der Waals surface area contributed by atoms with Gasteiger partial charge in [0.2, 0.25) is 5.91 Å². The van der Waals surface area contributed by atoms with Gasteiger partial charge < -0.3 is 15.8 Å². The van der Waals surface area contributed by atoms with Crippen LogP contribution in [-0.2, 0) is 4.79 Å². The van der Waals surface area contributed by atoms with Gasteiger partial charge >= 0.3 is 0 Å². The van der Waals surface area contributed by atoms with Crippen LogP contribution in [0.2, 0.25) is 0 Å². The summed E-state index contributed by atoms with van der Waals surface area (Å²) in [5.41, 5.74) is 6.46. The minimum Gasteiger partial charge on any atom is -0.409 e. The molecule has 1 aromatic rings. The molecular formula is C15H23N3O2S. The Balaban J connectivity index is 2.96. The van der Waals surface area contributed by atoms with E-state index in [9.17, 15) is 4.79 Å². The summed E-state index contributed by atoms with van der Waals surface area (Å²) < 4.78 is 0. The number of thioether (sulfide) groups is 1. The van der Waals surface area contributed by atoms with Crippen molar-refractivity contribution in [1.29, 1.82) is 0 Å². The van der Waals surface area contributed by atoms with E-state index < -0.39 is 5.92 Å². The summed E-state index contributed by atoms with van der Waals surface area (Å²) in [5.74, 6) is -0.0172. The molecule has 0 aliphatic rings. The number of hydrogen-bond donors (Lipinski definition) is 2. The van der Waals surface area contributed by atoms with Crippen LogP contribution in [0, 0.1) is 0 Å². The second-order valence-corrected chi connectivity index (χ2v) is 5.93. The van der Waals surface area contributed by atoms with Gasteiger partial charge in [-0.2, -0.15) is 11.8 Å². The number of amides is 1. The number of rotatable bonds is 7. The Kier molecular flexibility index (Phi) is 7.08. The van der Waals surface area contributed by atoms with Gasteiger partial charge in [-0.25, -0.2) is 0 Å². The second kappa shape index (κ2) is 8.56. The summed E-state index contributed by atoms with van der Waals surface area (Å²) in [6.45, 7) is 2.00. The van der Waals surface area contributed by atoms with Gasteiger partial charge in [0.15, 0.2) is 5.84 Å². The molecule has 1 aromatic carbocycles. The lowest BCUT2D eigenvalue weighted by molar-refractivity contribution is -0.131. The molecular weight excluding hydrogens is 286 g/mol. The average Bonchev–Trinajstić information content (AvgIpc) is 2.52. The van der Waals surface area contributed by atoms with Crippen molar-refractivity contribution in [2.45, 2.75) is 25.3 Å². The van der Waals surface area contributed by atoms with E-state index in [4.69, 9.17) is 10.9 Å². The molecule has 0 aliphatic carbocycles. The molecule has 1 amide bonds. The lowest BCUT2D eigenvalue weighted by atomic mass is 9.96. The van der Waals surface area contributed by atoms with Crippen LogP contribution in [0.5, 0.6) is 0 Å². The first-order chi connectivity index (χ1) is 10.0. The minimum atomic E-state index is -0.752. The number of likely N-dealkylation sites (N-methyl/N-ethyl adjacent to an activating group) is 1. The zero-order valence-electron chi connectivity index (χ0n) is 12.7. The van der Waals surface area contributed by atoms with Crippen LogP contribution in [0.3, 0.4) is 0 Å². The van der Waals surface area contributed by atoms with Gasteiger partial charge in [-0.3, -0.25) is 4.79 Å². The zero-order chi connectivity index (χ0) is 15.8. The van der Waals surface area contributed by atoms with Crippen molar-refractivity contribution in [3.05, 3.63) is 35.9 Å². The Morgan fingerprint density at radius 2 is 2.05 bits per heavy atom. The van der Waals surface area contributed by atoms with Crippen molar-refractivity contribution in [3.63, 3.8) is 0 Å². The lowest BCUT2D eigenvalue weighted by Crippen LogP contribution is -2.42. The Morgan fingerprint density at radius 1 is 1.43 bits per heavy atom. The lowest BCUT2D eigenvalue weighted by Gasteiger charge is -2.28. The average molecular weight is 309 g/mol. The molecule has 1 rings (SSSR count). The monoisotopic (exact) mass is 309 g/mol. The summed E-state index contributed by atoms with van der Waals surface area (Å²) in [4.78, 5) is 14.4. The smallest absolute Gasteiger partial charge is 0.237 e. The summed E-state index contributed by atoms with van der Waals surface area (Å²) in [7, 11) is 1.76. The van der Waals surface area contributed by atoms with Crippen LogP contribution in [-0.4, -0.2) is 46.9 Å². The van der Waals surface area contributed by atoms with Crippen LogP contribution in [0.25, 0.3) is 0 Å². The Morgan fingerprint density at radius 3 is 2.57 bits per heavy atom. The Labute approximate surface area is 130 Å². The number of oxime groups is 1. The number of hydrogen-bond acceptors (Lipinski definition) is 4. The van der Waals surface area contributed by atoms with Crippen LogP contribution in [0.15, 0.2) is 35.5 Å². The topological polar surface area (TPSA) is 78.9 Å². The fourth-order valence-corrected chi connectivity index (χ4v) is 2.62. The molecule has 21 heavy (non-hydrogen) atoms. The third kappa shape index (κ3) is 4.67. The Hall–Kier alpha value is -1.69. The van der Waals surface area contributed by atoms with Gasteiger partial charge in [0.05, 0.1) is 0 Å². The molecule has 2 atom stereocenters. The van der Waals surface area contributed by atoms with E-state index in [0.717, 1.165) is 17.7 Å². The first-order valence-corrected chi connectivity index (χ1v) is 8.20. The molecule has 116 valence electrons. The molecule has 0 aliphatic heterocycles. The van der Waals surface area contributed by atoms with E-state index in [1.165, 1.54) is 0 Å². The molecule has 0 heterocycles. The number of nitrogens with two attached hydrogens (primary N) is 1. The van der Waals surface area contributed by atoms with E-state index in [2.05, 4.69) is 5.16 Å². The molecule has 6 heteroatoms. The molecule has 0 spiro atoms. The van der Waals surface area contributed by atoms with Crippen molar-refractivity contribution in [1.82, 2.24) is 4.90 Å². The maximum absolute atomic E-state index is 12.7. The predicted molar refractivity (Wildman–Crippen MR) is 87.8 cm³/mol. The fraction of sp³-hybridized carbons (Fsp3) is 0.467. The highest BCUT2D eigenvalue weighted by Crippen LogP contribution is 2.20. The third-order valence-corrected chi connectivity index (χ3v) is 4.18. The number of nitrogens with zero attached hydrogens (tertiary/aromatic N) is 2. The number of amidine groups is 1. The van der Waals surface area contributed by atoms with Gasteiger partial charge in [0.1, 0.15) is 5.92 Å². The molecule has 0 saturated carbocycles. The quantitative estimate of drug-likeness (QED) is 0.350. The molecule has 2 unspecified atom stereocenters. The van der Waals surface area contributed by atoms with Gasteiger partial charge in [0, 0.05) is 13.1 Å². The number of benzene rings is 1. The van der Waals surface area contributed by atoms with Crippen molar-refractivity contribution >= 4 is 23.5 Å². The van der Waals surface area contributed by atoms with E-state index in [0.29, 0.717) is 0 Å². The van der Waals surface area contributed by atoms with Crippen LogP contribution in [0.1, 0.15) is 24.8 Å². The molecule has 3 N–H and O–H groups in total. The molecule has 0 fully saturated rings. The molecule has 0 aromatic heterocycles. The maximum Gasteiger partial charge on any atom is 0.237 e. The van der Waals surface area contributed by atoms with Gasteiger partial charge in [0.25, 0.3) is 0 Å². The predicted octanol–water partition coefficient (Wildman–Crippen LogP) is 2.12. The molecule has 0 bridgehead atoms. The maximum atomic E-state index is 12.7. The van der Waals surface area contributed by atoms with Crippen molar-refractivity contribution in [2.24, 2.45) is 10.9 Å². The zero-order valence-corrected chi connectivity index (χ0v) is 13.5. The highest BCUT2D eigenvalue weighted by molar-refractivity contribution is 7.98. The van der Waals surface area contributed by atoms with Gasteiger partial charge in [-0.1, -0.05) is 35.5 Å². The summed E-state index contributed by atoms with van der Waals surface area (Å²) >= 11 is 1.75. The first-order valence-electron chi connectivity index (χ1n) is 6.80. The number of carbonyl (C=O) groups excluding carboxylic acids is 1. The van der Waals surface area contributed by atoms with Crippen molar-refractivity contribution < 1.29 is 10.0 Å². The van der Waals surface area contributed by atoms with Crippen LogP contribution >= 0.6 is 11.8 Å². The molecule has 0 saturated heterocycles. The van der Waals surface area contributed by atoms with Crippen molar-refractivity contribution in [3.8, 4) is 0 Å². The standard InChI is InChI=1S/C15H23N3O2S/c1-11(9-10-21-3)18(2)15(19)13(14(16)17-20)12-7-5-4-6-8-12/h4-8,11,13,20H,9-10H2,1-3H3,(H2,16,17). The SMILES string of the molecule is CSCCC(C)N(C)C(=O)C(/C(N)=N/O)c1ccccc1. The van der Waals surface area contributed by atoms with E-state index in [1.807, 2.05) is 31.4 Å². The summed E-state index contributed by atoms with van der Waals surface area (Å²) in [6.07, 6.45) is 2.94. The van der Waals surface area contributed by atoms with Crippen LogP contribution in [0.4, 0.5) is 0 Å². The highest BCUT2D eigenvalue weighted by atomic mass is 32.2. The first kappa shape index (κ1) is 17.4. The van der Waals surface area contributed by atoms with Crippen LogP contribution < -0.4 is 5.73 Å². The van der Waals surface area contributed by atoms with Gasteiger partial charge in [-0.15, -0.1) is 0 Å². The normalized spacial score (nSPS) is 14.5.